The molecule has 0 spiro atoms. The van der Waals surface area contributed by atoms with Gasteiger partial charge in [-0.1, -0.05) is 56.3 Å². The van der Waals surface area contributed by atoms with Crippen LogP contribution in [-0.4, -0.2) is 0 Å². The second-order valence-electron chi connectivity index (χ2n) is 5.67. The molecule has 0 bridgehead atoms. The third kappa shape index (κ3) is 3.86. The van der Waals surface area contributed by atoms with Crippen molar-refractivity contribution in [3.8, 4) is 0 Å². The van der Waals surface area contributed by atoms with Crippen molar-refractivity contribution < 1.29 is 0 Å². The van der Waals surface area contributed by atoms with E-state index >= 15 is 0 Å². The van der Waals surface area contributed by atoms with E-state index in [2.05, 4.69) is 90.5 Å². The summed E-state index contributed by atoms with van der Waals surface area (Å²) in [5, 5.41) is 3.69. The van der Waals surface area contributed by atoms with Gasteiger partial charge in [-0.2, -0.15) is 0 Å². The minimum atomic E-state index is 0.342. The van der Waals surface area contributed by atoms with Crippen LogP contribution >= 0.6 is 15.9 Å². The van der Waals surface area contributed by atoms with Crippen molar-refractivity contribution in [3.05, 3.63) is 64.1 Å². The van der Waals surface area contributed by atoms with Gasteiger partial charge in [0.15, 0.2) is 0 Å². The summed E-state index contributed by atoms with van der Waals surface area (Å²) in [5.74, 6) is 0.649. The molecule has 1 nitrogen and oxygen atoms in total. The third-order valence-electron chi connectivity index (χ3n) is 3.43. The van der Waals surface area contributed by atoms with Gasteiger partial charge in [-0.3, -0.25) is 0 Å². The van der Waals surface area contributed by atoms with Crippen LogP contribution < -0.4 is 5.32 Å². The zero-order valence-corrected chi connectivity index (χ0v) is 13.9. The molecule has 0 saturated heterocycles. The van der Waals surface area contributed by atoms with Gasteiger partial charge in [0.2, 0.25) is 0 Å². The second kappa shape index (κ2) is 6.94. The van der Waals surface area contributed by atoms with Crippen LogP contribution in [0.1, 0.15) is 37.4 Å². The van der Waals surface area contributed by atoms with Gasteiger partial charge >= 0.3 is 0 Å². The SMILES string of the molecule is Cc1cccc(NC(CC(C)C)c2ccccc2)c1Br. The van der Waals surface area contributed by atoms with Gasteiger partial charge < -0.3 is 5.32 Å². The number of hydrogen-bond donors (Lipinski definition) is 1. The van der Waals surface area contributed by atoms with E-state index in [-0.39, 0.29) is 0 Å². The number of hydrogen-bond acceptors (Lipinski definition) is 1. The highest BCUT2D eigenvalue weighted by Crippen LogP contribution is 2.31. The normalized spacial score (nSPS) is 12.4. The van der Waals surface area contributed by atoms with Crippen LogP contribution in [0.2, 0.25) is 0 Å². The van der Waals surface area contributed by atoms with Crippen molar-refractivity contribution in [2.24, 2.45) is 5.92 Å². The second-order valence-corrected chi connectivity index (χ2v) is 6.47. The van der Waals surface area contributed by atoms with Crippen molar-refractivity contribution in [1.82, 2.24) is 0 Å². The number of benzene rings is 2. The highest BCUT2D eigenvalue weighted by atomic mass is 79.9. The van der Waals surface area contributed by atoms with Crippen LogP contribution in [0.5, 0.6) is 0 Å². The lowest BCUT2D eigenvalue weighted by molar-refractivity contribution is 0.531. The quantitative estimate of drug-likeness (QED) is 0.713. The van der Waals surface area contributed by atoms with E-state index in [4.69, 9.17) is 0 Å². The van der Waals surface area contributed by atoms with E-state index in [9.17, 15) is 0 Å². The number of anilines is 1. The van der Waals surface area contributed by atoms with Gasteiger partial charge in [-0.25, -0.2) is 0 Å². The molecule has 106 valence electrons. The molecule has 2 rings (SSSR count). The monoisotopic (exact) mass is 331 g/mol. The number of aryl methyl sites for hydroxylation is 1. The molecule has 2 heteroatoms. The van der Waals surface area contributed by atoms with Gasteiger partial charge in [-0.15, -0.1) is 0 Å². The first-order valence-corrected chi connectivity index (χ1v) is 7.94. The molecular formula is C18H22BrN. The fourth-order valence-electron chi connectivity index (χ4n) is 2.38. The summed E-state index contributed by atoms with van der Waals surface area (Å²) < 4.78 is 1.16. The molecule has 1 N–H and O–H groups in total. The van der Waals surface area contributed by atoms with Crippen LogP contribution in [0.4, 0.5) is 5.69 Å². The summed E-state index contributed by atoms with van der Waals surface area (Å²) >= 11 is 3.68. The topological polar surface area (TPSA) is 12.0 Å². The van der Waals surface area contributed by atoms with Crippen LogP contribution in [0, 0.1) is 12.8 Å². The summed E-state index contributed by atoms with van der Waals surface area (Å²) in [6.07, 6.45) is 1.12. The van der Waals surface area contributed by atoms with Gasteiger partial charge in [0.25, 0.3) is 0 Å². The Kier molecular flexibility index (Phi) is 5.24. The predicted molar refractivity (Wildman–Crippen MR) is 91.1 cm³/mol. The molecule has 1 atom stereocenters. The average Bonchev–Trinajstić information content (AvgIpc) is 2.43. The van der Waals surface area contributed by atoms with Crippen molar-refractivity contribution in [3.63, 3.8) is 0 Å². The van der Waals surface area contributed by atoms with E-state index in [0.717, 1.165) is 10.9 Å². The first-order valence-electron chi connectivity index (χ1n) is 7.14. The molecule has 0 aliphatic heterocycles. The molecule has 0 saturated carbocycles. The lowest BCUT2D eigenvalue weighted by Crippen LogP contribution is -2.13. The summed E-state index contributed by atoms with van der Waals surface area (Å²) in [5.41, 5.74) is 3.76. The van der Waals surface area contributed by atoms with Crippen LogP contribution in [-0.2, 0) is 0 Å². The Balaban J connectivity index is 2.26. The predicted octanol–water partition coefficient (Wildman–Crippen LogP) is 5.96. The summed E-state index contributed by atoms with van der Waals surface area (Å²) in [6.45, 7) is 6.65. The Morgan fingerprint density at radius 1 is 1.00 bits per heavy atom. The fourth-order valence-corrected chi connectivity index (χ4v) is 2.76. The average molecular weight is 332 g/mol. The van der Waals surface area contributed by atoms with Crippen LogP contribution in [0.3, 0.4) is 0 Å². The largest absolute Gasteiger partial charge is 0.377 e. The molecule has 20 heavy (non-hydrogen) atoms. The first-order chi connectivity index (χ1) is 9.58. The van der Waals surface area contributed by atoms with Crippen molar-refractivity contribution in [1.29, 1.82) is 0 Å². The van der Waals surface area contributed by atoms with Gasteiger partial charge in [-0.05, 0) is 52.4 Å². The smallest absolute Gasteiger partial charge is 0.0516 e. The molecule has 2 aromatic carbocycles. The molecule has 0 aromatic heterocycles. The van der Waals surface area contributed by atoms with E-state index in [1.807, 2.05) is 0 Å². The maximum absolute atomic E-state index is 3.69. The third-order valence-corrected chi connectivity index (χ3v) is 4.48. The van der Waals surface area contributed by atoms with E-state index < -0.39 is 0 Å². The summed E-state index contributed by atoms with van der Waals surface area (Å²) in [7, 11) is 0. The van der Waals surface area contributed by atoms with Crippen LogP contribution in [0.25, 0.3) is 0 Å². The molecule has 2 aromatic rings. The van der Waals surface area contributed by atoms with Crippen molar-refractivity contribution in [2.45, 2.75) is 33.2 Å². The number of rotatable bonds is 5. The standard InChI is InChI=1S/C18H22BrN/c1-13(2)12-17(15-9-5-4-6-10-15)20-16-11-7-8-14(3)18(16)19/h4-11,13,17,20H,12H2,1-3H3. The molecule has 0 aliphatic rings. The summed E-state index contributed by atoms with van der Waals surface area (Å²) in [6, 6.07) is 17.4. The number of nitrogens with one attached hydrogen (secondary N) is 1. The Hall–Kier alpha value is -1.28. The Morgan fingerprint density at radius 2 is 1.70 bits per heavy atom. The van der Waals surface area contributed by atoms with Gasteiger partial charge in [0.05, 0.1) is 6.04 Å². The van der Waals surface area contributed by atoms with Crippen molar-refractivity contribution in [2.75, 3.05) is 5.32 Å². The van der Waals surface area contributed by atoms with Gasteiger partial charge in [0.1, 0.15) is 0 Å². The maximum Gasteiger partial charge on any atom is 0.0516 e. The minimum absolute atomic E-state index is 0.342. The fraction of sp³-hybridized carbons (Fsp3) is 0.333. The highest BCUT2D eigenvalue weighted by molar-refractivity contribution is 9.10. The van der Waals surface area contributed by atoms with E-state index in [0.29, 0.717) is 12.0 Å². The van der Waals surface area contributed by atoms with Gasteiger partial charge in [0, 0.05) is 10.2 Å². The molecule has 0 radical (unpaired) electrons. The Bertz CT molecular complexity index is 549. The lowest BCUT2D eigenvalue weighted by Gasteiger charge is -2.23. The first kappa shape index (κ1) is 15.1. The Labute approximate surface area is 130 Å². The zero-order chi connectivity index (χ0) is 14.5. The molecule has 1 unspecified atom stereocenters. The molecule has 0 aliphatic carbocycles. The summed E-state index contributed by atoms with van der Waals surface area (Å²) in [4.78, 5) is 0. The lowest BCUT2D eigenvalue weighted by atomic mass is 9.96. The minimum Gasteiger partial charge on any atom is -0.377 e. The molecule has 0 heterocycles. The van der Waals surface area contributed by atoms with Crippen LogP contribution in [0.15, 0.2) is 53.0 Å². The number of halogens is 1. The zero-order valence-electron chi connectivity index (χ0n) is 12.4. The highest BCUT2D eigenvalue weighted by Gasteiger charge is 2.14. The molecule has 0 fully saturated rings. The maximum atomic E-state index is 3.69. The van der Waals surface area contributed by atoms with E-state index in [1.54, 1.807) is 0 Å². The molecular weight excluding hydrogens is 310 g/mol. The Morgan fingerprint density at radius 3 is 2.35 bits per heavy atom. The van der Waals surface area contributed by atoms with Crippen molar-refractivity contribution >= 4 is 21.6 Å². The van der Waals surface area contributed by atoms with E-state index in [1.165, 1.54) is 16.8 Å². The molecule has 0 amide bonds.